The Kier molecular flexibility index (Phi) is 7.24. The molecule has 0 radical (unpaired) electrons. The molecule has 112 valence electrons. The van der Waals surface area contributed by atoms with Crippen LogP contribution in [-0.4, -0.2) is 24.4 Å². The van der Waals surface area contributed by atoms with Crippen molar-refractivity contribution in [2.45, 2.75) is 33.2 Å². The molecular formula is C16H25BrN2O. The van der Waals surface area contributed by atoms with Crippen LogP contribution in [-0.2, 0) is 11.3 Å². The molecule has 0 saturated heterocycles. The van der Waals surface area contributed by atoms with Gasteiger partial charge in [-0.25, -0.2) is 0 Å². The first-order chi connectivity index (χ1) is 9.42. The summed E-state index contributed by atoms with van der Waals surface area (Å²) >= 11 is 3.45. The summed E-state index contributed by atoms with van der Waals surface area (Å²) in [5.41, 5.74) is 6.89. The van der Waals surface area contributed by atoms with E-state index in [0.29, 0.717) is 25.4 Å². The Morgan fingerprint density at radius 1 is 1.40 bits per heavy atom. The molecule has 0 spiro atoms. The van der Waals surface area contributed by atoms with Crippen molar-refractivity contribution in [1.29, 1.82) is 0 Å². The lowest BCUT2D eigenvalue weighted by molar-refractivity contribution is -0.131. The minimum absolute atomic E-state index is 0.168. The van der Waals surface area contributed by atoms with Gasteiger partial charge >= 0.3 is 0 Å². The highest BCUT2D eigenvalue weighted by molar-refractivity contribution is 9.10. The summed E-state index contributed by atoms with van der Waals surface area (Å²) in [5, 5.41) is 0. The minimum atomic E-state index is 0.168. The molecule has 0 aromatic heterocycles. The second-order valence-electron chi connectivity index (χ2n) is 5.82. The Morgan fingerprint density at radius 2 is 2.10 bits per heavy atom. The van der Waals surface area contributed by atoms with Crippen LogP contribution in [0.15, 0.2) is 28.7 Å². The smallest absolute Gasteiger partial charge is 0.222 e. The number of hydrogen-bond donors (Lipinski definition) is 1. The molecule has 1 rings (SSSR count). The summed E-state index contributed by atoms with van der Waals surface area (Å²) in [6.07, 6.45) is 1.55. The fourth-order valence-corrected chi connectivity index (χ4v) is 2.78. The van der Waals surface area contributed by atoms with E-state index >= 15 is 0 Å². The SMILES string of the molecule is CC(C)CC(CN)CC(=O)N(C)Cc1cccc(Br)c1. The van der Waals surface area contributed by atoms with Gasteiger partial charge < -0.3 is 10.6 Å². The maximum atomic E-state index is 12.2. The first kappa shape index (κ1) is 17.2. The zero-order valence-corrected chi connectivity index (χ0v) is 14.2. The monoisotopic (exact) mass is 340 g/mol. The van der Waals surface area contributed by atoms with Crippen molar-refractivity contribution >= 4 is 21.8 Å². The Bertz CT molecular complexity index is 434. The molecule has 2 N–H and O–H groups in total. The van der Waals surface area contributed by atoms with Gasteiger partial charge in [-0.15, -0.1) is 0 Å². The summed E-state index contributed by atoms with van der Waals surface area (Å²) in [5.74, 6) is 1.03. The lowest BCUT2D eigenvalue weighted by Crippen LogP contribution is -2.30. The molecule has 0 saturated carbocycles. The van der Waals surface area contributed by atoms with Crippen LogP contribution in [0.2, 0.25) is 0 Å². The summed E-state index contributed by atoms with van der Waals surface area (Å²) in [7, 11) is 1.85. The third-order valence-corrected chi connectivity index (χ3v) is 3.83. The van der Waals surface area contributed by atoms with Crippen molar-refractivity contribution in [2.75, 3.05) is 13.6 Å². The first-order valence-corrected chi connectivity index (χ1v) is 7.90. The molecule has 1 aromatic carbocycles. The maximum Gasteiger partial charge on any atom is 0.222 e. The van der Waals surface area contributed by atoms with Crippen LogP contribution >= 0.6 is 15.9 Å². The first-order valence-electron chi connectivity index (χ1n) is 7.10. The number of nitrogens with zero attached hydrogens (tertiary/aromatic N) is 1. The highest BCUT2D eigenvalue weighted by atomic mass is 79.9. The average molecular weight is 341 g/mol. The van der Waals surface area contributed by atoms with Crippen LogP contribution in [0.1, 0.15) is 32.3 Å². The zero-order valence-electron chi connectivity index (χ0n) is 12.6. The van der Waals surface area contributed by atoms with Crippen LogP contribution in [0.3, 0.4) is 0 Å². The van der Waals surface area contributed by atoms with Gasteiger partial charge in [-0.2, -0.15) is 0 Å². The van der Waals surface area contributed by atoms with Crippen molar-refractivity contribution in [2.24, 2.45) is 17.6 Å². The molecule has 1 amide bonds. The fraction of sp³-hybridized carbons (Fsp3) is 0.562. The molecule has 3 nitrogen and oxygen atoms in total. The number of benzene rings is 1. The van der Waals surface area contributed by atoms with Crippen molar-refractivity contribution in [1.82, 2.24) is 4.90 Å². The molecule has 0 bridgehead atoms. The van der Waals surface area contributed by atoms with E-state index in [1.807, 2.05) is 31.3 Å². The summed E-state index contributed by atoms with van der Waals surface area (Å²) in [6, 6.07) is 8.04. The molecule has 0 fully saturated rings. The molecule has 20 heavy (non-hydrogen) atoms. The van der Waals surface area contributed by atoms with Crippen molar-refractivity contribution in [3.05, 3.63) is 34.3 Å². The molecule has 0 aliphatic heterocycles. The largest absolute Gasteiger partial charge is 0.341 e. The van der Waals surface area contributed by atoms with E-state index in [-0.39, 0.29) is 11.8 Å². The third-order valence-electron chi connectivity index (χ3n) is 3.34. The predicted molar refractivity (Wildman–Crippen MR) is 87.2 cm³/mol. The molecule has 0 aliphatic carbocycles. The van der Waals surface area contributed by atoms with E-state index < -0.39 is 0 Å². The molecule has 1 atom stereocenters. The van der Waals surface area contributed by atoms with Crippen LogP contribution in [0, 0.1) is 11.8 Å². The number of hydrogen-bond acceptors (Lipinski definition) is 2. The Morgan fingerprint density at radius 3 is 2.65 bits per heavy atom. The van der Waals surface area contributed by atoms with Gasteiger partial charge in [0.1, 0.15) is 0 Å². The number of rotatable bonds is 7. The summed E-state index contributed by atoms with van der Waals surface area (Å²) in [6.45, 7) is 5.54. The molecule has 0 aliphatic rings. The van der Waals surface area contributed by atoms with E-state index in [1.165, 1.54) is 0 Å². The van der Waals surface area contributed by atoms with Gasteiger partial charge in [-0.3, -0.25) is 4.79 Å². The number of halogens is 1. The van der Waals surface area contributed by atoms with Crippen molar-refractivity contribution in [3.8, 4) is 0 Å². The highest BCUT2D eigenvalue weighted by Crippen LogP contribution is 2.17. The summed E-state index contributed by atoms with van der Waals surface area (Å²) in [4.78, 5) is 14.0. The molecule has 1 unspecified atom stereocenters. The third kappa shape index (κ3) is 6.06. The second kappa shape index (κ2) is 8.42. The zero-order chi connectivity index (χ0) is 15.1. The maximum absolute atomic E-state index is 12.2. The average Bonchev–Trinajstić information content (AvgIpc) is 2.37. The minimum Gasteiger partial charge on any atom is -0.341 e. The molecule has 0 heterocycles. The van der Waals surface area contributed by atoms with E-state index in [2.05, 4.69) is 29.8 Å². The van der Waals surface area contributed by atoms with Crippen molar-refractivity contribution < 1.29 is 4.79 Å². The normalized spacial score (nSPS) is 12.5. The predicted octanol–water partition coefficient (Wildman–Crippen LogP) is 3.42. The number of amides is 1. The number of carbonyl (C=O) groups is 1. The van der Waals surface area contributed by atoms with Gasteiger partial charge in [-0.1, -0.05) is 41.9 Å². The molecule has 1 aromatic rings. The number of carbonyl (C=O) groups excluding carboxylic acids is 1. The second-order valence-corrected chi connectivity index (χ2v) is 6.73. The van der Waals surface area contributed by atoms with E-state index in [1.54, 1.807) is 4.90 Å². The lowest BCUT2D eigenvalue weighted by atomic mass is 9.94. The van der Waals surface area contributed by atoms with Gasteiger partial charge in [0.2, 0.25) is 5.91 Å². The molecular weight excluding hydrogens is 316 g/mol. The lowest BCUT2D eigenvalue weighted by Gasteiger charge is -2.22. The van der Waals surface area contributed by atoms with E-state index in [4.69, 9.17) is 5.73 Å². The Labute approximate surface area is 130 Å². The highest BCUT2D eigenvalue weighted by Gasteiger charge is 2.17. The van der Waals surface area contributed by atoms with Gasteiger partial charge in [-0.05, 0) is 42.5 Å². The van der Waals surface area contributed by atoms with Crippen LogP contribution in [0.25, 0.3) is 0 Å². The van der Waals surface area contributed by atoms with E-state index in [9.17, 15) is 4.79 Å². The summed E-state index contributed by atoms with van der Waals surface area (Å²) < 4.78 is 1.04. The molecule has 4 heteroatoms. The standard InChI is InChI=1S/C16H25BrN2O/c1-12(2)7-14(10-18)9-16(20)19(3)11-13-5-4-6-15(17)8-13/h4-6,8,12,14H,7,9-11,18H2,1-3H3. The number of nitrogens with two attached hydrogens (primary N) is 1. The quantitative estimate of drug-likeness (QED) is 0.826. The van der Waals surface area contributed by atoms with Gasteiger partial charge in [0, 0.05) is 24.5 Å². The Hall–Kier alpha value is -0.870. The topological polar surface area (TPSA) is 46.3 Å². The fourth-order valence-electron chi connectivity index (χ4n) is 2.33. The van der Waals surface area contributed by atoms with Gasteiger partial charge in [0.15, 0.2) is 0 Å². The van der Waals surface area contributed by atoms with Gasteiger partial charge in [0.05, 0.1) is 0 Å². The van der Waals surface area contributed by atoms with Crippen LogP contribution < -0.4 is 5.73 Å². The van der Waals surface area contributed by atoms with Crippen LogP contribution in [0.5, 0.6) is 0 Å². The Balaban J connectivity index is 2.54. The van der Waals surface area contributed by atoms with Gasteiger partial charge in [0.25, 0.3) is 0 Å². The van der Waals surface area contributed by atoms with Crippen LogP contribution in [0.4, 0.5) is 0 Å². The van der Waals surface area contributed by atoms with Crippen molar-refractivity contribution in [3.63, 3.8) is 0 Å². The van der Waals surface area contributed by atoms with E-state index in [0.717, 1.165) is 16.5 Å².